The summed E-state index contributed by atoms with van der Waals surface area (Å²) in [6.45, 7) is -0.652. The lowest BCUT2D eigenvalue weighted by molar-refractivity contribution is -0.123. The van der Waals surface area contributed by atoms with Gasteiger partial charge in [-0.05, 0) is 37.8 Å². The van der Waals surface area contributed by atoms with Crippen LogP contribution < -0.4 is 10.6 Å². The van der Waals surface area contributed by atoms with Gasteiger partial charge in [-0.15, -0.1) is 24.8 Å². The Hall–Kier alpha value is -0.920. The van der Waals surface area contributed by atoms with Crippen LogP contribution in [0.1, 0.15) is 31.6 Å². The number of carbonyl (C=O) groups excluding carboxylic acids is 1. The van der Waals surface area contributed by atoms with Gasteiger partial charge in [0.2, 0.25) is 5.91 Å². The molecule has 0 aromatic carbocycles. The SMILES string of the molecule is Cl.Cl.O=C(NCc1nccn1C(F)F)C1CC12CCNCC2. The Kier molecular flexibility index (Phi) is 6.58. The maximum atomic E-state index is 12.6. The van der Waals surface area contributed by atoms with Crippen LogP contribution in [0, 0.1) is 11.3 Å². The number of hydrogen-bond acceptors (Lipinski definition) is 3. The zero-order valence-electron chi connectivity index (χ0n) is 11.9. The number of halogens is 4. The third kappa shape index (κ3) is 3.70. The van der Waals surface area contributed by atoms with Crippen LogP contribution in [-0.4, -0.2) is 28.5 Å². The maximum absolute atomic E-state index is 12.6. The topological polar surface area (TPSA) is 59.0 Å². The Bertz CT molecular complexity index is 506. The molecule has 0 bridgehead atoms. The van der Waals surface area contributed by atoms with Gasteiger partial charge in [-0.1, -0.05) is 0 Å². The predicted octanol–water partition coefficient (Wildman–Crippen LogP) is 2.13. The molecule has 1 aliphatic heterocycles. The lowest BCUT2D eigenvalue weighted by atomic mass is 9.92. The van der Waals surface area contributed by atoms with Gasteiger partial charge in [0.1, 0.15) is 5.82 Å². The second-order valence-corrected chi connectivity index (χ2v) is 5.62. The van der Waals surface area contributed by atoms with Crippen molar-refractivity contribution in [1.82, 2.24) is 20.2 Å². The largest absolute Gasteiger partial charge is 0.349 e. The molecule has 1 unspecified atom stereocenters. The highest BCUT2D eigenvalue weighted by atomic mass is 35.5. The van der Waals surface area contributed by atoms with E-state index in [9.17, 15) is 13.6 Å². The first-order valence-electron chi connectivity index (χ1n) is 6.91. The van der Waals surface area contributed by atoms with Crippen molar-refractivity contribution in [1.29, 1.82) is 0 Å². The lowest BCUT2D eigenvalue weighted by Crippen LogP contribution is -2.33. The van der Waals surface area contributed by atoms with Gasteiger partial charge in [-0.3, -0.25) is 9.36 Å². The van der Waals surface area contributed by atoms with Gasteiger partial charge in [0.15, 0.2) is 0 Å². The second-order valence-electron chi connectivity index (χ2n) is 5.62. The van der Waals surface area contributed by atoms with Crippen LogP contribution in [-0.2, 0) is 11.3 Å². The van der Waals surface area contributed by atoms with E-state index in [1.807, 2.05) is 0 Å². The van der Waals surface area contributed by atoms with E-state index in [1.165, 1.54) is 12.4 Å². The standard InChI is InChI=1S/C13H18F2N4O.2ClH/c14-12(15)19-6-5-17-10(19)8-18-11(20)9-7-13(9)1-3-16-4-2-13;;/h5-6,9,12,16H,1-4,7-8H2,(H,18,20);2*1H. The number of rotatable bonds is 4. The van der Waals surface area contributed by atoms with Crippen molar-refractivity contribution in [2.24, 2.45) is 11.3 Å². The van der Waals surface area contributed by atoms with Gasteiger partial charge >= 0.3 is 6.55 Å². The minimum Gasteiger partial charge on any atom is -0.349 e. The average molecular weight is 357 g/mol. The van der Waals surface area contributed by atoms with Gasteiger partial charge in [0.05, 0.1) is 6.54 Å². The maximum Gasteiger partial charge on any atom is 0.319 e. The predicted molar refractivity (Wildman–Crippen MR) is 82.5 cm³/mol. The molecule has 1 aliphatic carbocycles. The molecule has 5 nitrogen and oxygen atoms in total. The number of amides is 1. The summed E-state index contributed by atoms with van der Waals surface area (Å²) in [5.41, 5.74) is 0.160. The molecule has 126 valence electrons. The second kappa shape index (κ2) is 7.57. The summed E-state index contributed by atoms with van der Waals surface area (Å²) in [5.74, 6) is 0.198. The van der Waals surface area contributed by atoms with E-state index in [0.29, 0.717) is 0 Å². The summed E-state index contributed by atoms with van der Waals surface area (Å²) < 4.78 is 26.1. The number of hydrogen-bond donors (Lipinski definition) is 2. The van der Waals surface area contributed by atoms with E-state index in [-0.39, 0.29) is 54.4 Å². The van der Waals surface area contributed by atoms with Crippen LogP contribution in [0.3, 0.4) is 0 Å². The van der Waals surface area contributed by atoms with Crippen LogP contribution in [0.2, 0.25) is 0 Å². The monoisotopic (exact) mass is 356 g/mol. The van der Waals surface area contributed by atoms with Crippen LogP contribution in [0.15, 0.2) is 12.4 Å². The molecule has 0 radical (unpaired) electrons. The van der Waals surface area contributed by atoms with E-state index >= 15 is 0 Å². The van der Waals surface area contributed by atoms with Gasteiger partial charge in [0.25, 0.3) is 0 Å². The fraction of sp³-hybridized carbons (Fsp3) is 0.692. The molecule has 1 saturated carbocycles. The summed E-state index contributed by atoms with van der Waals surface area (Å²) in [6.07, 6.45) is 5.51. The minimum absolute atomic E-state index is 0. The van der Waals surface area contributed by atoms with E-state index in [0.717, 1.165) is 36.9 Å². The Morgan fingerprint density at radius 2 is 2.14 bits per heavy atom. The number of carbonyl (C=O) groups is 1. The highest BCUT2D eigenvalue weighted by molar-refractivity contribution is 5.85. The summed E-state index contributed by atoms with van der Waals surface area (Å²) >= 11 is 0. The van der Waals surface area contributed by atoms with Crippen molar-refractivity contribution in [3.05, 3.63) is 18.2 Å². The number of piperidine rings is 1. The smallest absolute Gasteiger partial charge is 0.319 e. The molecule has 9 heteroatoms. The molecular weight excluding hydrogens is 337 g/mol. The molecule has 1 atom stereocenters. The first-order chi connectivity index (χ1) is 9.62. The molecule has 2 fully saturated rings. The number of nitrogens with one attached hydrogen (secondary N) is 2. The van der Waals surface area contributed by atoms with Crippen molar-refractivity contribution >= 4 is 30.7 Å². The first-order valence-corrected chi connectivity index (χ1v) is 6.91. The molecule has 2 heterocycles. The fourth-order valence-corrected chi connectivity index (χ4v) is 3.14. The Balaban J connectivity index is 0.00000121. The lowest BCUT2D eigenvalue weighted by Gasteiger charge is -2.23. The highest BCUT2D eigenvalue weighted by Crippen LogP contribution is 2.58. The summed E-state index contributed by atoms with van der Waals surface area (Å²) in [4.78, 5) is 16.0. The molecule has 1 aromatic heterocycles. The zero-order chi connectivity index (χ0) is 14.2. The molecule has 1 spiro atoms. The molecule has 22 heavy (non-hydrogen) atoms. The summed E-state index contributed by atoms with van der Waals surface area (Å²) in [6, 6.07) is 0. The quantitative estimate of drug-likeness (QED) is 0.868. The van der Waals surface area contributed by atoms with Crippen LogP contribution in [0.4, 0.5) is 8.78 Å². The van der Waals surface area contributed by atoms with Gasteiger partial charge < -0.3 is 10.6 Å². The molecule has 1 amide bonds. The Morgan fingerprint density at radius 1 is 1.45 bits per heavy atom. The molecular formula is C13H20Cl2F2N4O. The normalized spacial score (nSPS) is 21.9. The van der Waals surface area contributed by atoms with Crippen molar-refractivity contribution in [2.75, 3.05) is 13.1 Å². The molecule has 3 rings (SSSR count). The van der Waals surface area contributed by atoms with Crippen molar-refractivity contribution < 1.29 is 13.6 Å². The van der Waals surface area contributed by atoms with Crippen molar-refractivity contribution in [3.63, 3.8) is 0 Å². The van der Waals surface area contributed by atoms with E-state index in [4.69, 9.17) is 0 Å². The fourth-order valence-electron chi connectivity index (χ4n) is 3.14. The van der Waals surface area contributed by atoms with Crippen molar-refractivity contribution in [2.45, 2.75) is 32.4 Å². The van der Waals surface area contributed by atoms with Gasteiger partial charge in [-0.2, -0.15) is 8.78 Å². The molecule has 2 N–H and O–H groups in total. The highest BCUT2D eigenvalue weighted by Gasteiger charge is 2.57. The van der Waals surface area contributed by atoms with Gasteiger partial charge in [0, 0.05) is 18.3 Å². The van der Waals surface area contributed by atoms with Crippen LogP contribution >= 0.6 is 24.8 Å². The Morgan fingerprint density at radius 3 is 2.77 bits per heavy atom. The number of imidazole rings is 1. The van der Waals surface area contributed by atoms with Crippen LogP contribution in [0.25, 0.3) is 0 Å². The van der Waals surface area contributed by atoms with Crippen molar-refractivity contribution in [3.8, 4) is 0 Å². The summed E-state index contributed by atoms with van der Waals surface area (Å²) in [5, 5.41) is 6.02. The Labute approximate surface area is 140 Å². The molecule has 1 saturated heterocycles. The van der Waals surface area contributed by atoms with E-state index in [1.54, 1.807) is 0 Å². The van der Waals surface area contributed by atoms with E-state index < -0.39 is 6.55 Å². The third-order valence-electron chi connectivity index (χ3n) is 4.49. The van der Waals surface area contributed by atoms with E-state index in [2.05, 4.69) is 15.6 Å². The summed E-state index contributed by atoms with van der Waals surface area (Å²) in [7, 11) is 0. The third-order valence-corrected chi connectivity index (χ3v) is 4.49. The zero-order valence-corrected chi connectivity index (χ0v) is 13.6. The van der Waals surface area contributed by atoms with Crippen LogP contribution in [0.5, 0.6) is 0 Å². The number of nitrogens with zero attached hydrogens (tertiary/aromatic N) is 2. The molecule has 1 aromatic rings. The van der Waals surface area contributed by atoms with Gasteiger partial charge in [-0.25, -0.2) is 4.98 Å². The first kappa shape index (κ1) is 19.1. The number of aromatic nitrogens is 2. The molecule has 2 aliphatic rings. The number of alkyl halides is 2. The average Bonchev–Trinajstić information content (AvgIpc) is 2.92. The minimum atomic E-state index is -2.62.